The number of hydrogen-bond acceptors (Lipinski definition) is 4. The number of aromatic nitrogens is 1. The second-order valence-electron chi connectivity index (χ2n) is 4.54. The summed E-state index contributed by atoms with van der Waals surface area (Å²) in [4.78, 5) is 6.66. The molecule has 0 amide bonds. The summed E-state index contributed by atoms with van der Waals surface area (Å²) in [5.41, 5.74) is 1.31. The lowest BCUT2D eigenvalue weighted by Crippen LogP contribution is -2.23. The summed E-state index contributed by atoms with van der Waals surface area (Å²) < 4.78 is 0. The van der Waals surface area contributed by atoms with Crippen LogP contribution in [-0.2, 0) is 0 Å². The summed E-state index contributed by atoms with van der Waals surface area (Å²) >= 11 is 1.86. The van der Waals surface area contributed by atoms with Crippen LogP contribution in [0.25, 0.3) is 0 Å². The topological polar surface area (TPSA) is 28.2 Å². The molecule has 1 aromatic rings. The summed E-state index contributed by atoms with van der Waals surface area (Å²) in [5, 5.41) is 3.51. The molecule has 0 aliphatic heterocycles. The molecule has 1 rings (SSSR count). The van der Waals surface area contributed by atoms with Crippen LogP contribution >= 0.6 is 11.8 Å². The van der Waals surface area contributed by atoms with E-state index in [1.807, 2.05) is 18.0 Å². The molecular weight excluding hydrogens is 242 g/mol. The molecule has 0 fully saturated rings. The maximum atomic E-state index is 4.44. The van der Waals surface area contributed by atoms with Gasteiger partial charge in [-0.2, -0.15) is 11.8 Å². The molecule has 0 bridgehead atoms. The maximum absolute atomic E-state index is 4.44. The molecule has 0 aromatic carbocycles. The van der Waals surface area contributed by atoms with E-state index in [1.165, 1.54) is 5.56 Å². The summed E-state index contributed by atoms with van der Waals surface area (Å²) in [5.74, 6) is 2.19. The fraction of sp³-hybridized carbons (Fsp3) is 0.643. The zero-order valence-electron chi connectivity index (χ0n) is 11.9. The average Bonchev–Trinajstić information content (AvgIpc) is 2.42. The van der Waals surface area contributed by atoms with E-state index in [-0.39, 0.29) is 0 Å². The van der Waals surface area contributed by atoms with Crippen molar-refractivity contribution in [3.63, 3.8) is 0 Å². The molecule has 3 nitrogen and oxygen atoms in total. The lowest BCUT2D eigenvalue weighted by atomic mass is 10.1. The summed E-state index contributed by atoms with van der Waals surface area (Å²) in [7, 11) is 2.10. The van der Waals surface area contributed by atoms with E-state index >= 15 is 0 Å². The smallest absolute Gasteiger partial charge is 0.128 e. The molecule has 0 radical (unpaired) electrons. The zero-order chi connectivity index (χ0) is 13.4. The van der Waals surface area contributed by atoms with Gasteiger partial charge in [0.15, 0.2) is 0 Å². The third-order valence-corrected chi connectivity index (χ3v) is 3.58. The van der Waals surface area contributed by atoms with Gasteiger partial charge in [-0.1, -0.05) is 6.92 Å². The number of anilines is 1. The number of nitrogens with zero attached hydrogens (tertiary/aromatic N) is 2. The predicted molar refractivity (Wildman–Crippen MR) is 82.6 cm³/mol. The minimum atomic E-state index is 0.389. The molecule has 0 aliphatic carbocycles. The first kappa shape index (κ1) is 15.3. The maximum Gasteiger partial charge on any atom is 0.128 e. The van der Waals surface area contributed by atoms with Crippen molar-refractivity contribution in [3.8, 4) is 0 Å². The van der Waals surface area contributed by atoms with E-state index in [1.54, 1.807) is 0 Å². The number of nitrogens with one attached hydrogen (secondary N) is 1. The first-order valence-electron chi connectivity index (χ1n) is 6.58. The van der Waals surface area contributed by atoms with E-state index in [9.17, 15) is 0 Å². The Morgan fingerprint density at radius 1 is 1.50 bits per heavy atom. The molecule has 0 aliphatic rings. The van der Waals surface area contributed by atoms with E-state index < -0.39 is 0 Å². The van der Waals surface area contributed by atoms with Crippen LogP contribution in [-0.4, -0.2) is 37.1 Å². The Kier molecular flexibility index (Phi) is 7.13. The Morgan fingerprint density at radius 2 is 2.28 bits per heavy atom. The van der Waals surface area contributed by atoms with Crippen molar-refractivity contribution in [1.29, 1.82) is 0 Å². The average molecular weight is 267 g/mol. The Hall–Kier alpha value is -0.740. The third kappa shape index (κ3) is 4.86. The van der Waals surface area contributed by atoms with Gasteiger partial charge in [-0.15, -0.1) is 0 Å². The van der Waals surface area contributed by atoms with Gasteiger partial charge in [0.05, 0.1) is 0 Å². The van der Waals surface area contributed by atoms with Crippen LogP contribution in [0.1, 0.15) is 31.9 Å². The molecule has 1 heterocycles. The molecule has 4 heteroatoms. The highest BCUT2D eigenvalue weighted by Crippen LogP contribution is 2.17. The summed E-state index contributed by atoms with van der Waals surface area (Å²) in [6.07, 6.45) is 5.20. The highest BCUT2D eigenvalue weighted by Gasteiger charge is 2.07. The highest BCUT2D eigenvalue weighted by molar-refractivity contribution is 7.98. The van der Waals surface area contributed by atoms with Gasteiger partial charge in [-0.25, -0.2) is 4.98 Å². The van der Waals surface area contributed by atoms with Gasteiger partial charge < -0.3 is 10.2 Å². The third-order valence-electron chi connectivity index (χ3n) is 2.99. The second kappa shape index (κ2) is 8.38. The normalized spacial score (nSPS) is 12.4. The fourth-order valence-electron chi connectivity index (χ4n) is 1.73. The zero-order valence-corrected chi connectivity index (χ0v) is 12.8. The van der Waals surface area contributed by atoms with Gasteiger partial charge in [0.25, 0.3) is 0 Å². The van der Waals surface area contributed by atoms with E-state index in [0.717, 1.165) is 31.1 Å². The van der Waals surface area contributed by atoms with Crippen LogP contribution in [0.15, 0.2) is 18.3 Å². The number of thioether (sulfide) groups is 1. The minimum Gasteiger partial charge on any atom is -0.359 e. The lowest BCUT2D eigenvalue weighted by Gasteiger charge is -2.20. The highest BCUT2D eigenvalue weighted by atomic mass is 32.2. The standard InChI is InChI=1S/C14H25N3S/c1-5-7-15-12(2)13-6-8-16-14(11-13)17(3)9-10-18-4/h6,8,11-12,15H,5,7,9-10H2,1-4H3. The summed E-state index contributed by atoms with van der Waals surface area (Å²) in [6.45, 7) is 6.49. The lowest BCUT2D eigenvalue weighted by molar-refractivity contribution is 0.570. The largest absolute Gasteiger partial charge is 0.359 e. The molecule has 0 saturated carbocycles. The Bertz CT molecular complexity index is 314. The van der Waals surface area contributed by atoms with Crippen molar-refractivity contribution in [2.75, 3.05) is 37.0 Å². The van der Waals surface area contributed by atoms with Gasteiger partial charge in [-0.3, -0.25) is 0 Å². The number of hydrogen-bond donors (Lipinski definition) is 1. The van der Waals surface area contributed by atoms with Crippen LogP contribution in [0.3, 0.4) is 0 Å². The molecular formula is C14H25N3S. The molecule has 0 saturated heterocycles. The SMILES string of the molecule is CCCNC(C)c1ccnc(N(C)CCSC)c1. The fourth-order valence-corrected chi connectivity index (χ4v) is 2.19. The molecule has 1 N–H and O–H groups in total. The monoisotopic (exact) mass is 267 g/mol. The van der Waals surface area contributed by atoms with Gasteiger partial charge in [0.2, 0.25) is 0 Å². The van der Waals surface area contributed by atoms with Crippen LogP contribution in [0.4, 0.5) is 5.82 Å². The van der Waals surface area contributed by atoms with Gasteiger partial charge in [0, 0.05) is 31.6 Å². The van der Waals surface area contributed by atoms with Crippen molar-refractivity contribution in [2.45, 2.75) is 26.3 Å². The van der Waals surface area contributed by atoms with Crippen LogP contribution in [0.5, 0.6) is 0 Å². The Labute approximate surface area is 115 Å². The van der Waals surface area contributed by atoms with Crippen molar-refractivity contribution < 1.29 is 0 Å². The molecule has 0 spiro atoms. The van der Waals surface area contributed by atoms with Crippen molar-refractivity contribution in [1.82, 2.24) is 10.3 Å². The molecule has 1 aromatic heterocycles. The van der Waals surface area contributed by atoms with E-state index in [4.69, 9.17) is 0 Å². The van der Waals surface area contributed by atoms with Crippen molar-refractivity contribution in [2.24, 2.45) is 0 Å². The second-order valence-corrected chi connectivity index (χ2v) is 5.52. The van der Waals surface area contributed by atoms with Crippen LogP contribution in [0.2, 0.25) is 0 Å². The summed E-state index contributed by atoms with van der Waals surface area (Å²) in [6, 6.07) is 4.67. The van der Waals surface area contributed by atoms with Crippen LogP contribution < -0.4 is 10.2 Å². The first-order valence-corrected chi connectivity index (χ1v) is 7.97. The quantitative estimate of drug-likeness (QED) is 0.784. The Balaban J connectivity index is 2.66. The first-order chi connectivity index (χ1) is 8.69. The Morgan fingerprint density at radius 3 is 2.94 bits per heavy atom. The van der Waals surface area contributed by atoms with Gasteiger partial charge in [0.1, 0.15) is 5.82 Å². The molecule has 18 heavy (non-hydrogen) atoms. The van der Waals surface area contributed by atoms with Crippen molar-refractivity contribution in [3.05, 3.63) is 23.9 Å². The van der Waals surface area contributed by atoms with Gasteiger partial charge in [-0.05, 0) is 43.8 Å². The van der Waals surface area contributed by atoms with Crippen LogP contribution in [0, 0.1) is 0 Å². The molecule has 102 valence electrons. The van der Waals surface area contributed by atoms with E-state index in [0.29, 0.717) is 6.04 Å². The molecule has 1 unspecified atom stereocenters. The molecule has 1 atom stereocenters. The number of rotatable bonds is 8. The predicted octanol–water partition coefficient (Wildman–Crippen LogP) is 2.94. The minimum absolute atomic E-state index is 0.389. The van der Waals surface area contributed by atoms with E-state index in [2.05, 4.69) is 54.5 Å². The van der Waals surface area contributed by atoms with Crippen molar-refractivity contribution >= 4 is 17.6 Å². The number of pyridine rings is 1. The van der Waals surface area contributed by atoms with Gasteiger partial charge >= 0.3 is 0 Å².